The highest BCUT2D eigenvalue weighted by Gasteiger charge is 2.26. The predicted octanol–water partition coefficient (Wildman–Crippen LogP) is 4.10. The average Bonchev–Trinajstić information content (AvgIpc) is 2.79. The van der Waals surface area contributed by atoms with E-state index in [0.717, 1.165) is 5.56 Å². The van der Waals surface area contributed by atoms with E-state index in [-0.39, 0.29) is 16.9 Å². The maximum absolute atomic E-state index is 12.3. The third-order valence-corrected chi connectivity index (χ3v) is 3.32. The molecule has 0 aliphatic rings. The minimum absolute atomic E-state index is 0.0614. The number of ether oxygens (including phenoxy) is 1. The summed E-state index contributed by atoms with van der Waals surface area (Å²) in [6, 6.07) is 9.80. The molecule has 4 nitrogen and oxygen atoms in total. The molecule has 2 aromatic rings. The highest BCUT2D eigenvalue weighted by atomic mass is 35.5. The lowest BCUT2D eigenvalue weighted by Crippen LogP contribution is -2.26. The molecule has 0 radical (unpaired) electrons. The zero-order valence-electron chi connectivity index (χ0n) is 12.6. The Bertz CT molecular complexity index is 629. The molecular weight excluding hydrogens is 288 g/mol. The monoisotopic (exact) mass is 306 g/mol. The summed E-state index contributed by atoms with van der Waals surface area (Å²) in [5, 5.41) is 0.159. The number of nitrogens with zero attached hydrogens (tertiary/aromatic N) is 2. The lowest BCUT2D eigenvalue weighted by Gasteiger charge is -2.21. The molecule has 0 unspecified atom stereocenters. The second-order valence-corrected chi connectivity index (χ2v) is 6.24. The van der Waals surface area contributed by atoms with Gasteiger partial charge in [-0.15, -0.1) is 0 Å². The van der Waals surface area contributed by atoms with Crippen LogP contribution in [0.5, 0.6) is 0 Å². The van der Waals surface area contributed by atoms with Crippen LogP contribution in [0.15, 0.2) is 36.7 Å². The molecular formula is C16H19ClN2O2. The summed E-state index contributed by atoms with van der Waals surface area (Å²) in [5.74, 6) is -0.465. The quantitative estimate of drug-likeness (QED) is 0.802. The Morgan fingerprint density at radius 1 is 1.29 bits per heavy atom. The second-order valence-electron chi connectivity index (χ2n) is 5.88. The molecule has 0 saturated carbocycles. The van der Waals surface area contributed by atoms with Crippen molar-refractivity contribution in [1.29, 1.82) is 0 Å². The number of aromatic nitrogens is 2. The third-order valence-electron chi connectivity index (χ3n) is 3.04. The van der Waals surface area contributed by atoms with Crippen molar-refractivity contribution >= 4 is 17.6 Å². The first kappa shape index (κ1) is 15.6. The molecule has 0 spiro atoms. The molecule has 1 aromatic carbocycles. The van der Waals surface area contributed by atoms with E-state index in [4.69, 9.17) is 16.3 Å². The maximum atomic E-state index is 12.3. The van der Waals surface area contributed by atoms with Crippen molar-refractivity contribution in [2.75, 3.05) is 0 Å². The van der Waals surface area contributed by atoms with Crippen LogP contribution in [-0.2, 0) is 4.74 Å². The van der Waals surface area contributed by atoms with Crippen molar-refractivity contribution < 1.29 is 9.53 Å². The molecule has 112 valence electrons. The topological polar surface area (TPSA) is 44.1 Å². The third kappa shape index (κ3) is 3.64. The van der Waals surface area contributed by atoms with Gasteiger partial charge in [0.15, 0.2) is 10.8 Å². The molecule has 0 aliphatic heterocycles. The fourth-order valence-corrected chi connectivity index (χ4v) is 2.26. The highest BCUT2D eigenvalue weighted by Crippen LogP contribution is 2.25. The van der Waals surface area contributed by atoms with Crippen LogP contribution in [0.1, 0.15) is 49.8 Å². The van der Waals surface area contributed by atoms with Gasteiger partial charge in [-0.05, 0) is 33.3 Å². The Kier molecular flexibility index (Phi) is 4.37. The number of benzene rings is 1. The number of carbonyl (C=O) groups is 1. The number of hydrogen-bond donors (Lipinski definition) is 0. The number of hydrogen-bond acceptors (Lipinski definition) is 3. The van der Waals surface area contributed by atoms with Gasteiger partial charge in [-0.3, -0.25) is 0 Å². The molecule has 21 heavy (non-hydrogen) atoms. The lowest BCUT2D eigenvalue weighted by molar-refractivity contribution is 0.00569. The van der Waals surface area contributed by atoms with Gasteiger partial charge in [0.2, 0.25) is 0 Å². The van der Waals surface area contributed by atoms with Crippen LogP contribution in [0.25, 0.3) is 0 Å². The van der Waals surface area contributed by atoms with Crippen LogP contribution in [0.4, 0.5) is 0 Å². The van der Waals surface area contributed by atoms with Crippen LogP contribution >= 0.6 is 11.6 Å². The normalized spacial score (nSPS) is 13.0. The summed E-state index contributed by atoms with van der Waals surface area (Å²) in [5.41, 5.74) is 0.769. The lowest BCUT2D eigenvalue weighted by atomic mass is 10.1. The molecule has 0 fully saturated rings. The molecule has 0 amide bonds. The van der Waals surface area contributed by atoms with Gasteiger partial charge in [0.05, 0.1) is 12.4 Å². The van der Waals surface area contributed by atoms with E-state index in [1.165, 1.54) is 0 Å². The van der Waals surface area contributed by atoms with Gasteiger partial charge in [0.1, 0.15) is 5.60 Å². The van der Waals surface area contributed by atoms with Gasteiger partial charge in [0, 0.05) is 0 Å². The van der Waals surface area contributed by atoms with E-state index in [2.05, 4.69) is 4.98 Å². The molecule has 0 N–H and O–H groups in total. The standard InChI is InChI=1S/C16H19ClN2O2/c1-11(12-8-6-5-7-9-12)19-10-18-14(17)13(19)15(20)21-16(2,3)4/h5-11H,1-4H3/t11-/m1/s1. The van der Waals surface area contributed by atoms with Gasteiger partial charge >= 0.3 is 5.97 Å². The largest absolute Gasteiger partial charge is 0.455 e. The van der Waals surface area contributed by atoms with Crippen molar-refractivity contribution in [3.05, 3.63) is 53.1 Å². The Labute approximate surface area is 129 Å². The Hall–Kier alpha value is -1.81. The fourth-order valence-electron chi connectivity index (χ4n) is 2.04. The first-order valence-electron chi connectivity index (χ1n) is 6.80. The van der Waals surface area contributed by atoms with Crippen molar-refractivity contribution in [1.82, 2.24) is 9.55 Å². The van der Waals surface area contributed by atoms with E-state index in [0.29, 0.717) is 0 Å². The van der Waals surface area contributed by atoms with Crippen molar-refractivity contribution in [2.45, 2.75) is 39.3 Å². The van der Waals surface area contributed by atoms with Crippen LogP contribution in [0.2, 0.25) is 5.15 Å². The van der Waals surface area contributed by atoms with E-state index in [1.54, 1.807) is 10.9 Å². The molecule has 2 rings (SSSR count). The van der Waals surface area contributed by atoms with Crippen LogP contribution in [-0.4, -0.2) is 21.1 Å². The van der Waals surface area contributed by atoms with E-state index >= 15 is 0 Å². The Morgan fingerprint density at radius 3 is 2.48 bits per heavy atom. The molecule has 0 saturated heterocycles. The van der Waals surface area contributed by atoms with E-state index in [9.17, 15) is 4.79 Å². The van der Waals surface area contributed by atoms with Crippen LogP contribution in [0, 0.1) is 0 Å². The molecule has 1 atom stereocenters. The fraction of sp³-hybridized carbons (Fsp3) is 0.375. The summed E-state index contributed by atoms with van der Waals surface area (Å²) < 4.78 is 7.15. The zero-order valence-corrected chi connectivity index (χ0v) is 13.4. The maximum Gasteiger partial charge on any atom is 0.358 e. The van der Waals surface area contributed by atoms with Crippen LogP contribution < -0.4 is 0 Å². The minimum atomic E-state index is -0.578. The zero-order chi connectivity index (χ0) is 15.6. The molecule has 0 bridgehead atoms. The smallest absolute Gasteiger partial charge is 0.358 e. The molecule has 1 aromatic heterocycles. The highest BCUT2D eigenvalue weighted by molar-refractivity contribution is 6.32. The van der Waals surface area contributed by atoms with Crippen molar-refractivity contribution in [3.63, 3.8) is 0 Å². The summed E-state index contributed by atoms with van der Waals surface area (Å²) in [7, 11) is 0. The summed E-state index contributed by atoms with van der Waals surface area (Å²) >= 11 is 6.07. The van der Waals surface area contributed by atoms with Gasteiger partial charge < -0.3 is 9.30 Å². The van der Waals surface area contributed by atoms with E-state index < -0.39 is 11.6 Å². The number of esters is 1. The van der Waals surface area contributed by atoms with Crippen molar-refractivity contribution in [3.8, 4) is 0 Å². The SMILES string of the molecule is C[C@H](c1ccccc1)n1cnc(Cl)c1C(=O)OC(C)(C)C. The molecule has 5 heteroatoms. The molecule has 0 aliphatic carbocycles. The first-order valence-corrected chi connectivity index (χ1v) is 7.18. The average molecular weight is 307 g/mol. The van der Waals surface area contributed by atoms with Crippen LogP contribution in [0.3, 0.4) is 0 Å². The summed E-state index contributed by atoms with van der Waals surface area (Å²) in [6.45, 7) is 7.45. The number of imidazole rings is 1. The first-order chi connectivity index (χ1) is 9.79. The van der Waals surface area contributed by atoms with Gasteiger partial charge in [-0.2, -0.15) is 0 Å². The second kappa shape index (κ2) is 5.90. The molecule has 1 heterocycles. The van der Waals surface area contributed by atoms with Gasteiger partial charge in [-0.25, -0.2) is 9.78 Å². The number of halogens is 1. The number of rotatable bonds is 3. The minimum Gasteiger partial charge on any atom is -0.455 e. The van der Waals surface area contributed by atoms with Crippen molar-refractivity contribution in [2.24, 2.45) is 0 Å². The Balaban J connectivity index is 2.36. The predicted molar refractivity (Wildman–Crippen MR) is 82.7 cm³/mol. The van der Waals surface area contributed by atoms with Gasteiger partial charge in [-0.1, -0.05) is 41.9 Å². The Morgan fingerprint density at radius 2 is 1.90 bits per heavy atom. The number of carbonyl (C=O) groups excluding carboxylic acids is 1. The summed E-state index contributed by atoms with van der Waals surface area (Å²) in [4.78, 5) is 16.4. The van der Waals surface area contributed by atoms with E-state index in [1.807, 2.05) is 58.0 Å². The summed E-state index contributed by atoms with van der Waals surface area (Å²) in [6.07, 6.45) is 1.57. The van der Waals surface area contributed by atoms with Gasteiger partial charge in [0.25, 0.3) is 0 Å².